The van der Waals surface area contributed by atoms with Gasteiger partial charge in [0, 0.05) is 12.1 Å². The van der Waals surface area contributed by atoms with Crippen molar-refractivity contribution in [2.75, 3.05) is 18.7 Å². The van der Waals surface area contributed by atoms with Crippen molar-refractivity contribution in [3.05, 3.63) is 30.1 Å². The van der Waals surface area contributed by atoms with E-state index in [4.69, 9.17) is 15.3 Å². The van der Waals surface area contributed by atoms with Crippen LogP contribution in [0, 0.1) is 0 Å². The number of nitrogens with zero attached hydrogens (tertiary/aromatic N) is 3. The van der Waals surface area contributed by atoms with E-state index in [0.29, 0.717) is 22.5 Å². The van der Waals surface area contributed by atoms with Crippen LogP contribution in [0.25, 0.3) is 0 Å². The smallest absolute Gasteiger partial charge is 0.230 e. The lowest BCUT2D eigenvalue weighted by Gasteiger charge is -2.15. The summed E-state index contributed by atoms with van der Waals surface area (Å²) in [6, 6.07) is 7.58. The van der Waals surface area contributed by atoms with Gasteiger partial charge in [-0.3, -0.25) is 4.79 Å². The molecule has 0 radical (unpaired) electrons. The highest BCUT2D eigenvalue weighted by molar-refractivity contribution is 7.99. The van der Waals surface area contributed by atoms with Crippen LogP contribution in [0.1, 0.15) is 44.3 Å². The molecule has 0 atom stereocenters. The van der Waals surface area contributed by atoms with Gasteiger partial charge in [0.15, 0.2) is 5.82 Å². The van der Waals surface area contributed by atoms with Crippen molar-refractivity contribution in [1.82, 2.24) is 20.2 Å². The Hall–Kier alpha value is -2.42. The SMILES string of the molecule is COc1cccc(OCc2nnc(SCC(=O)NC3CCCCCC3)n2N)c1. The first-order valence-corrected chi connectivity index (χ1v) is 10.5. The van der Waals surface area contributed by atoms with Gasteiger partial charge in [0.25, 0.3) is 0 Å². The number of nitrogen functional groups attached to an aromatic ring is 1. The largest absolute Gasteiger partial charge is 0.497 e. The number of carbonyl (C=O) groups is 1. The summed E-state index contributed by atoms with van der Waals surface area (Å²) >= 11 is 1.27. The number of benzene rings is 1. The lowest BCUT2D eigenvalue weighted by atomic mass is 10.1. The van der Waals surface area contributed by atoms with Gasteiger partial charge in [-0.2, -0.15) is 0 Å². The molecule has 1 fully saturated rings. The highest BCUT2D eigenvalue weighted by Gasteiger charge is 2.17. The first-order chi connectivity index (χ1) is 13.7. The van der Waals surface area contributed by atoms with Crippen molar-refractivity contribution in [3.63, 3.8) is 0 Å². The van der Waals surface area contributed by atoms with Crippen LogP contribution < -0.4 is 20.6 Å². The van der Waals surface area contributed by atoms with E-state index in [9.17, 15) is 4.79 Å². The van der Waals surface area contributed by atoms with E-state index in [1.807, 2.05) is 18.2 Å². The van der Waals surface area contributed by atoms with Gasteiger partial charge in [0.05, 0.1) is 12.9 Å². The number of nitrogens with one attached hydrogen (secondary N) is 1. The van der Waals surface area contributed by atoms with Crippen LogP contribution in [0.4, 0.5) is 0 Å². The first kappa shape index (κ1) is 20.3. The second-order valence-electron chi connectivity index (χ2n) is 6.78. The number of nitrogens with two attached hydrogens (primary N) is 1. The Kier molecular flexibility index (Phi) is 7.41. The standard InChI is InChI=1S/C19H27N5O3S/c1-26-15-9-6-10-16(11-15)27-12-17-22-23-19(24(17)20)28-13-18(25)21-14-7-4-2-3-5-8-14/h6,9-11,14H,2-5,7-8,12-13,20H2,1H3,(H,21,25). The Bertz CT molecular complexity index is 775. The molecule has 0 saturated heterocycles. The number of methoxy groups -OCH3 is 1. The van der Waals surface area contributed by atoms with Gasteiger partial charge in [0.1, 0.15) is 18.1 Å². The van der Waals surface area contributed by atoms with Crippen LogP contribution in [-0.2, 0) is 11.4 Å². The maximum absolute atomic E-state index is 12.2. The minimum atomic E-state index is 0.00841. The zero-order valence-corrected chi connectivity index (χ0v) is 16.9. The summed E-state index contributed by atoms with van der Waals surface area (Å²) in [6.45, 7) is 0.172. The van der Waals surface area contributed by atoms with E-state index in [1.54, 1.807) is 13.2 Å². The number of hydrogen-bond donors (Lipinski definition) is 2. The number of rotatable bonds is 8. The molecule has 8 nitrogen and oxygen atoms in total. The summed E-state index contributed by atoms with van der Waals surface area (Å²) in [6.07, 6.45) is 7.03. The third kappa shape index (κ3) is 5.79. The molecule has 0 aliphatic heterocycles. The quantitative estimate of drug-likeness (QED) is 0.395. The second-order valence-corrected chi connectivity index (χ2v) is 7.72. The van der Waals surface area contributed by atoms with Crippen molar-refractivity contribution in [2.24, 2.45) is 0 Å². The molecule has 1 aliphatic carbocycles. The topological polar surface area (TPSA) is 104 Å². The second kappa shape index (κ2) is 10.2. The minimum absolute atomic E-state index is 0.00841. The average molecular weight is 406 g/mol. The van der Waals surface area contributed by atoms with Crippen LogP contribution >= 0.6 is 11.8 Å². The average Bonchev–Trinajstić information content (AvgIpc) is 2.89. The van der Waals surface area contributed by atoms with Gasteiger partial charge in [-0.05, 0) is 25.0 Å². The minimum Gasteiger partial charge on any atom is -0.497 e. The summed E-state index contributed by atoms with van der Waals surface area (Å²) in [5.41, 5.74) is 0. The van der Waals surface area contributed by atoms with Crippen LogP contribution in [0.15, 0.2) is 29.4 Å². The maximum atomic E-state index is 12.2. The molecule has 1 aromatic heterocycles. The fourth-order valence-corrected chi connectivity index (χ4v) is 3.85. The molecule has 1 aromatic carbocycles. The Morgan fingerprint density at radius 1 is 1.25 bits per heavy atom. The lowest BCUT2D eigenvalue weighted by Crippen LogP contribution is -2.35. The molecule has 3 N–H and O–H groups in total. The third-order valence-electron chi connectivity index (χ3n) is 4.70. The molecule has 3 rings (SSSR count). The van der Waals surface area contributed by atoms with E-state index in [-0.39, 0.29) is 24.3 Å². The van der Waals surface area contributed by atoms with Gasteiger partial charge in [0.2, 0.25) is 11.1 Å². The Labute approximate surface area is 169 Å². The van der Waals surface area contributed by atoms with Crippen molar-refractivity contribution in [2.45, 2.75) is 56.3 Å². The van der Waals surface area contributed by atoms with Gasteiger partial charge in [-0.15, -0.1) is 10.2 Å². The van der Waals surface area contributed by atoms with Crippen LogP contribution in [0.2, 0.25) is 0 Å². The number of thioether (sulfide) groups is 1. The number of amides is 1. The molecule has 9 heteroatoms. The molecule has 152 valence electrons. The number of ether oxygens (including phenoxy) is 2. The molecule has 1 heterocycles. The lowest BCUT2D eigenvalue weighted by molar-refractivity contribution is -0.119. The van der Waals surface area contributed by atoms with Gasteiger partial charge in [-0.1, -0.05) is 43.5 Å². The normalized spacial score (nSPS) is 15.0. The first-order valence-electron chi connectivity index (χ1n) is 9.54. The molecule has 0 unspecified atom stereocenters. The van der Waals surface area contributed by atoms with E-state index >= 15 is 0 Å². The summed E-state index contributed by atoms with van der Waals surface area (Å²) < 4.78 is 12.2. The number of hydrogen-bond acceptors (Lipinski definition) is 7. The maximum Gasteiger partial charge on any atom is 0.230 e. The van der Waals surface area contributed by atoms with E-state index < -0.39 is 0 Å². The van der Waals surface area contributed by atoms with E-state index in [2.05, 4.69) is 15.5 Å². The molecule has 1 amide bonds. The van der Waals surface area contributed by atoms with Crippen molar-refractivity contribution in [3.8, 4) is 11.5 Å². The highest BCUT2D eigenvalue weighted by Crippen LogP contribution is 2.21. The molecule has 0 bridgehead atoms. The Morgan fingerprint density at radius 3 is 2.75 bits per heavy atom. The van der Waals surface area contributed by atoms with E-state index in [0.717, 1.165) is 12.8 Å². The Balaban J connectivity index is 1.47. The zero-order valence-electron chi connectivity index (χ0n) is 16.1. The molecule has 1 saturated carbocycles. The molecule has 28 heavy (non-hydrogen) atoms. The third-order valence-corrected chi connectivity index (χ3v) is 5.64. The fraction of sp³-hybridized carbons (Fsp3) is 0.526. The van der Waals surface area contributed by atoms with Crippen LogP contribution in [-0.4, -0.2) is 39.7 Å². The summed E-state index contributed by atoms with van der Waals surface area (Å²) in [7, 11) is 1.60. The molecule has 2 aromatic rings. The van der Waals surface area contributed by atoms with Crippen molar-refractivity contribution in [1.29, 1.82) is 0 Å². The van der Waals surface area contributed by atoms with Gasteiger partial charge < -0.3 is 20.6 Å². The molecule has 1 aliphatic rings. The molecular weight excluding hydrogens is 378 g/mol. The summed E-state index contributed by atoms with van der Waals surface area (Å²) in [5, 5.41) is 11.7. The number of carbonyl (C=O) groups excluding carboxylic acids is 1. The fourth-order valence-electron chi connectivity index (χ4n) is 3.17. The van der Waals surface area contributed by atoms with Crippen molar-refractivity contribution < 1.29 is 14.3 Å². The predicted octanol–water partition coefficient (Wildman–Crippen LogP) is 2.51. The van der Waals surface area contributed by atoms with Gasteiger partial charge in [-0.25, -0.2) is 4.68 Å². The monoisotopic (exact) mass is 405 g/mol. The highest BCUT2D eigenvalue weighted by atomic mass is 32.2. The summed E-state index contributed by atoms with van der Waals surface area (Å²) in [4.78, 5) is 12.2. The summed E-state index contributed by atoms with van der Waals surface area (Å²) in [5.74, 6) is 8.17. The number of aromatic nitrogens is 3. The Morgan fingerprint density at radius 2 is 2.00 bits per heavy atom. The molecule has 0 spiro atoms. The van der Waals surface area contributed by atoms with Crippen LogP contribution in [0.3, 0.4) is 0 Å². The predicted molar refractivity (Wildman–Crippen MR) is 108 cm³/mol. The van der Waals surface area contributed by atoms with Crippen molar-refractivity contribution >= 4 is 17.7 Å². The van der Waals surface area contributed by atoms with Gasteiger partial charge >= 0.3 is 0 Å². The zero-order chi connectivity index (χ0) is 19.8. The molecular formula is C19H27N5O3S. The van der Waals surface area contributed by atoms with Crippen LogP contribution in [0.5, 0.6) is 11.5 Å². The van der Waals surface area contributed by atoms with E-state index in [1.165, 1.54) is 42.1 Å².